The van der Waals surface area contributed by atoms with Gasteiger partial charge in [-0.3, -0.25) is 4.98 Å². The molecule has 76 valence electrons. The minimum absolute atomic E-state index is 0.508. The van der Waals surface area contributed by atoms with E-state index in [9.17, 15) is 4.79 Å². The maximum Gasteiger partial charge on any atom is 0.140 e. The van der Waals surface area contributed by atoms with E-state index in [-0.39, 0.29) is 0 Å². The van der Waals surface area contributed by atoms with Gasteiger partial charge in [-0.15, -0.1) is 0 Å². The Labute approximate surface area is 87.6 Å². The number of hydrogen-bond donors (Lipinski definition) is 0. The third kappa shape index (κ3) is 2.10. The molecule has 0 aliphatic rings. The van der Waals surface area contributed by atoms with Crippen LogP contribution >= 0.6 is 0 Å². The molecule has 0 amide bonds. The number of hydrogen-bond acceptors (Lipinski definition) is 3. The number of aldehydes is 1. The Morgan fingerprint density at radius 1 is 1.27 bits per heavy atom. The second kappa shape index (κ2) is 4.50. The monoisotopic (exact) mass is 201 g/mol. The molecule has 0 aliphatic heterocycles. The zero-order chi connectivity index (χ0) is 10.5. The van der Waals surface area contributed by atoms with E-state index in [1.54, 1.807) is 18.6 Å². The lowest BCUT2D eigenvalue weighted by Crippen LogP contribution is -1.99. The van der Waals surface area contributed by atoms with Crippen molar-refractivity contribution in [1.29, 1.82) is 0 Å². The van der Waals surface area contributed by atoms with Crippen molar-refractivity contribution in [3.8, 4) is 11.4 Å². The zero-order valence-electron chi connectivity index (χ0n) is 8.21. The van der Waals surface area contributed by atoms with Gasteiger partial charge in [-0.1, -0.05) is 0 Å². The molecule has 15 heavy (non-hydrogen) atoms. The number of nitrogens with zero attached hydrogens (tertiary/aromatic N) is 3. The van der Waals surface area contributed by atoms with E-state index in [4.69, 9.17) is 0 Å². The standard InChI is InChI=1S/C11H11N3O/c15-9-1-7-14-8-6-13-11(14)10-2-4-12-5-3-10/h2-6,8-9H,1,7H2. The van der Waals surface area contributed by atoms with E-state index in [0.29, 0.717) is 13.0 Å². The molecule has 2 rings (SSSR count). The first-order valence-corrected chi connectivity index (χ1v) is 4.77. The van der Waals surface area contributed by atoms with Crippen LogP contribution in [0.15, 0.2) is 36.9 Å². The Hall–Kier alpha value is -1.97. The maximum atomic E-state index is 10.3. The largest absolute Gasteiger partial charge is 0.331 e. The van der Waals surface area contributed by atoms with E-state index in [2.05, 4.69) is 9.97 Å². The minimum Gasteiger partial charge on any atom is -0.331 e. The highest BCUT2D eigenvalue weighted by molar-refractivity contribution is 5.55. The lowest BCUT2D eigenvalue weighted by atomic mass is 10.2. The summed E-state index contributed by atoms with van der Waals surface area (Å²) in [7, 11) is 0. The van der Waals surface area contributed by atoms with Crippen LogP contribution in [0.2, 0.25) is 0 Å². The van der Waals surface area contributed by atoms with Crippen molar-refractivity contribution in [2.75, 3.05) is 0 Å². The van der Waals surface area contributed by atoms with Gasteiger partial charge < -0.3 is 9.36 Å². The summed E-state index contributed by atoms with van der Waals surface area (Å²) >= 11 is 0. The predicted octanol–water partition coefficient (Wildman–Crippen LogP) is 1.53. The van der Waals surface area contributed by atoms with Crippen LogP contribution in [0, 0.1) is 0 Å². The molecule has 0 saturated carbocycles. The summed E-state index contributed by atoms with van der Waals surface area (Å²) in [5.41, 5.74) is 1.01. The summed E-state index contributed by atoms with van der Waals surface area (Å²) in [6.07, 6.45) is 8.49. The summed E-state index contributed by atoms with van der Waals surface area (Å²) in [5.74, 6) is 0.874. The van der Waals surface area contributed by atoms with Crippen LogP contribution in [-0.4, -0.2) is 20.8 Å². The van der Waals surface area contributed by atoms with Gasteiger partial charge in [-0.25, -0.2) is 4.98 Å². The number of aryl methyl sites for hydroxylation is 1. The third-order valence-corrected chi connectivity index (χ3v) is 2.14. The first-order chi connectivity index (χ1) is 7.42. The Balaban J connectivity index is 2.29. The molecule has 0 aromatic carbocycles. The van der Waals surface area contributed by atoms with E-state index in [0.717, 1.165) is 17.7 Å². The third-order valence-electron chi connectivity index (χ3n) is 2.14. The molecule has 0 bridgehead atoms. The molecule has 0 unspecified atom stereocenters. The van der Waals surface area contributed by atoms with Gasteiger partial charge >= 0.3 is 0 Å². The number of aromatic nitrogens is 3. The van der Waals surface area contributed by atoms with Gasteiger partial charge in [0.05, 0.1) is 0 Å². The van der Waals surface area contributed by atoms with E-state index in [1.165, 1.54) is 0 Å². The lowest BCUT2D eigenvalue weighted by Gasteiger charge is -2.04. The van der Waals surface area contributed by atoms with E-state index >= 15 is 0 Å². The van der Waals surface area contributed by atoms with Crippen molar-refractivity contribution in [3.05, 3.63) is 36.9 Å². The molecule has 0 atom stereocenters. The van der Waals surface area contributed by atoms with Crippen LogP contribution in [0.4, 0.5) is 0 Å². The van der Waals surface area contributed by atoms with Gasteiger partial charge in [0.1, 0.15) is 12.1 Å². The molecule has 0 radical (unpaired) electrons. The molecule has 0 saturated heterocycles. The average Bonchev–Trinajstić information content (AvgIpc) is 2.75. The zero-order valence-corrected chi connectivity index (χ0v) is 8.21. The number of imidazole rings is 1. The van der Waals surface area contributed by atoms with Crippen LogP contribution < -0.4 is 0 Å². The summed E-state index contributed by atoms with van der Waals surface area (Å²) < 4.78 is 1.96. The summed E-state index contributed by atoms with van der Waals surface area (Å²) in [6.45, 7) is 0.668. The Morgan fingerprint density at radius 3 is 2.80 bits per heavy atom. The fourth-order valence-electron chi connectivity index (χ4n) is 1.44. The first-order valence-electron chi connectivity index (χ1n) is 4.77. The summed E-state index contributed by atoms with van der Waals surface area (Å²) in [5, 5.41) is 0. The number of carbonyl (C=O) groups is 1. The van der Waals surface area contributed by atoms with Gasteiger partial charge in [0, 0.05) is 43.3 Å². The fourth-order valence-corrected chi connectivity index (χ4v) is 1.44. The van der Waals surface area contributed by atoms with Crippen LogP contribution in [0.25, 0.3) is 11.4 Å². The van der Waals surface area contributed by atoms with E-state index < -0.39 is 0 Å². The van der Waals surface area contributed by atoms with Crippen LogP contribution in [0.3, 0.4) is 0 Å². The van der Waals surface area contributed by atoms with Gasteiger partial charge in [0.25, 0.3) is 0 Å². The highest BCUT2D eigenvalue weighted by Gasteiger charge is 2.04. The second-order valence-corrected chi connectivity index (χ2v) is 3.14. The van der Waals surface area contributed by atoms with Crippen LogP contribution in [0.1, 0.15) is 6.42 Å². The van der Waals surface area contributed by atoms with Crippen molar-refractivity contribution >= 4 is 6.29 Å². The molecule has 0 N–H and O–H groups in total. The smallest absolute Gasteiger partial charge is 0.140 e. The number of carbonyl (C=O) groups excluding carboxylic acids is 1. The van der Waals surface area contributed by atoms with Gasteiger partial charge in [-0.2, -0.15) is 0 Å². The van der Waals surface area contributed by atoms with Gasteiger partial charge in [-0.05, 0) is 12.1 Å². The highest BCUT2D eigenvalue weighted by atomic mass is 16.1. The normalized spacial score (nSPS) is 10.1. The minimum atomic E-state index is 0.508. The predicted molar refractivity (Wildman–Crippen MR) is 56.1 cm³/mol. The molecule has 2 aromatic rings. The maximum absolute atomic E-state index is 10.3. The molecule has 4 nitrogen and oxygen atoms in total. The quantitative estimate of drug-likeness (QED) is 0.705. The Kier molecular flexibility index (Phi) is 2.88. The summed E-state index contributed by atoms with van der Waals surface area (Å²) in [4.78, 5) is 18.5. The van der Waals surface area contributed by atoms with Crippen molar-refractivity contribution in [2.45, 2.75) is 13.0 Å². The fraction of sp³-hybridized carbons (Fsp3) is 0.182. The second-order valence-electron chi connectivity index (χ2n) is 3.14. The lowest BCUT2D eigenvalue weighted by molar-refractivity contribution is -0.108. The van der Waals surface area contributed by atoms with Gasteiger partial charge in [0.15, 0.2) is 0 Å². The molecule has 0 aliphatic carbocycles. The van der Waals surface area contributed by atoms with Crippen molar-refractivity contribution in [3.63, 3.8) is 0 Å². The van der Waals surface area contributed by atoms with Crippen LogP contribution in [-0.2, 0) is 11.3 Å². The molecular formula is C11H11N3O. The highest BCUT2D eigenvalue weighted by Crippen LogP contribution is 2.15. The van der Waals surface area contributed by atoms with Crippen molar-refractivity contribution in [2.24, 2.45) is 0 Å². The SMILES string of the molecule is O=CCCn1ccnc1-c1ccncc1. The molecule has 4 heteroatoms. The van der Waals surface area contributed by atoms with Gasteiger partial charge in [0.2, 0.25) is 0 Å². The molecule has 2 aromatic heterocycles. The van der Waals surface area contributed by atoms with Crippen molar-refractivity contribution in [1.82, 2.24) is 14.5 Å². The Bertz CT molecular complexity index is 436. The van der Waals surface area contributed by atoms with E-state index in [1.807, 2.05) is 22.9 Å². The molecule has 2 heterocycles. The number of pyridine rings is 1. The summed E-state index contributed by atoms with van der Waals surface area (Å²) in [6, 6.07) is 3.81. The Morgan fingerprint density at radius 2 is 2.07 bits per heavy atom. The molecule has 0 fully saturated rings. The first kappa shape index (κ1) is 9.58. The van der Waals surface area contributed by atoms with Crippen LogP contribution in [0.5, 0.6) is 0 Å². The molecular weight excluding hydrogens is 190 g/mol. The average molecular weight is 201 g/mol. The number of rotatable bonds is 4. The topological polar surface area (TPSA) is 47.8 Å². The van der Waals surface area contributed by atoms with Crippen molar-refractivity contribution < 1.29 is 4.79 Å². The molecule has 0 spiro atoms.